The van der Waals surface area contributed by atoms with Gasteiger partial charge in [-0.15, -0.1) is 0 Å². The zero-order valence-corrected chi connectivity index (χ0v) is 9.67. The second-order valence-electron chi connectivity index (χ2n) is 2.92. The lowest BCUT2D eigenvalue weighted by atomic mass is 10.2. The third-order valence-corrected chi connectivity index (χ3v) is 2.15. The fourth-order valence-corrected chi connectivity index (χ4v) is 1.47. The molecule has 0 fully saturated rings. The van der Waals surface area contributed by atoms with Crippen molar-refractivity contribution in [2.45, 2.75) is 13.3 Å². The minimum Gasteiger partial charge on any atom is -0.490 e. The van der Waals surface area contributed by atoms with Crippen LogP contribution in [0.4, 0.5) is 4.39 Å². The van der Waals surface area contributed by atoms with E-state index >= 15 is 0 Å². The number of aromatic carboxylic acids is 1. The zero-order valence-electron chi connectivity index (χ0n) is 8.09. The first-order valence-corrected chi connectivity index (χ1v) is 5.20. The summed E-state index contributed by atoms with van der Waals surface area (Å²) in [5, 5.41) is 8.72. The Morgan fingerprint density at radius 3 is 2.80 bits per heavy atom. The van der Waals surface area contributed by atoms with Gasteiger partial charge in [-0.05, 0) is 18.6 Å². The van der Waals surface area contributed by atoms with Crippen molar-refractivity contribution < 1.29 is 19.0 Å². The number of rotatable bonds is 4. The van der Waals surface area contributed by atoms with Gasteiger partial charge in [-0.1, -0.05) is 22.9 Å². The number of benzene rings is 1. The largest absolute Gasteiger partial charge is 0.490 e. The third-order valence-electron chi connectivity index (χ3n) is 1.70. The Hall–Kier alpha value is -1.10. The molecule has 0 spiro atoms. The van der Waals surface area contributed by atoms with Crippen LogP contribution in [0.25, 0.3) is 0 Å². The van der Waals surface area contributed by atoms with Crippen molar-refractivity contribution in [3.63, 3.8) is 0 Å². The molecule has 0 atom stereocenters. The number of carbonyl (C=O) groups is 1. The lowest BCUT2D eigenvalue weighted by Gasteiger charge is -2.08. The van der Waals surface area contributed by atoms with Crippen LogP contribution in [0.3, 0.4) is 0 Å². The molecule has 0 radical (unpaired) electrons. The monoisotopic (exact) mass is 276 g/mol. The standard InChI is InChI=1S/C10H10BrFO3/c1-2-3-15-8-5-6(11)4-7(9(8)12)10(13)14/h4-5H,2-3H2,1H3,(H,13,14). The molecule has 0 saturated carbocycles. The SMILES string of the molecule is CCCOc1cc(Br)cc(C(=O)O)c1F. The molecule has 0 aromatic heterocycles. The minimum atomic E-state index is -1.31. The van der Waals surface area contributed by atoms with Crippen LogP contribution in [-0.2, 0) is 0 Å². The summed E-state index contributed by atoms with van der Waals surface area (Å²) in [6, 6.07) is 2.62. The van der Waals surface area contributed by atoms with Crippen molar-refractivity contribution in [2.75, 3.05) is 6.61 Å². The van der Waals surface area contributed by atoms with Gasteiger partial charge in [0.2, 0.25) is 0 Å². The highest BCUT2D eigenvalue weighted by Gasteiger charge is 2.16. The summed E-state index contributed by atoms with van der Waals surface area (Å²) in [6.07, 6.45) is 0.731. The van der Waals surface area contributed by atoms with Crippen LogP contribution in [0.2, 0.25) is 0 Å². The molecule has 1 N–H and O–H groups in total. The summed E-state index contributed by atoms with van der Waals surface area (Å²) in [5.41, 5.74) is -0.393. The molecule has 0 amide bonds. The van der Waals surface area contributed by atoms with Gasteiger partial charge in [0.05, 0.1) is 6.61 Å². The van der Waals surface area contributed by atoms with Gasteiger partial charge >= 0.3 is 5.97 Å². The number of hydrogen-bond donors (Lipinski definition) is 1. The van der Waals surface area contributed by atoms with Gasteiger partial charge in [-0.2, -0.15) is 0 Å². The first-order valence-electron chi connectivity index (χ1n) is 4.41. The second kappa shape index (κ2) is 5.11. The Bertz CT molecular complexity index is 379. The van der Waals surface area contributed by atoms with Gasteiger partial charge in [0.25, 0.3) is 0 Å². The lowest BCUT2D eigenvalue weighted by molar-refractivity contribution is 0.0690. The molecule has 0 heterocycles. The van der Waals surface area contributed by atoms with Gasteiger partial charge in [-0.25, -0.2) is 9.18 Å². The molecule has 0 bridgehead atoms. The Labute approximate surface area is 95.0 Å². The third kappa shape index (κ3) is 2.92. The normalized spacial score (nSPS) is 10.1. The lowest BCUT2D eigenvalue weighted by Crippen LogP contribution is -2.05. The maximum absolute atomic E-state index is 13.5. The second-order valence-corrected chi connectivity index (χ2v) is 3.83. The van der Waals surface area contributed by atoms with Crippen molar-refractivity contribution in [1.82, 2.24) is 0 Å². The topological polar surface area (TPSA) is 46.5 Å². The molecular weight excluding hydrogens is 267 g/mol. The van der Waals surface area contributed by atoms with E-state index in [1.807, 2.05) is 6.92 Å². The van der Waals surface area contributed by atoms with E-state index in [2.05, 4.69) is 15.9 Å². The predicted octanol–water partition coefficient (Wildman–Crippen LogP) is 3.08. The molecule has 0 aliphatic carbocycles. The van der Waals surface area contributed by atoms with E-state index in [1.165, 1.54) is 12.1 Å². The van der Waals surface area contributed by atoms with Gasteiger partial charge in [-0.3, -0.25) is 0 Å². The number of halogens is 2. The molecular formula is C10H10BrFO3. The highest BCUT2D eigenvalue weighted by molar-refractivity contribution is 9.10. The number of carboxylic acid groups (broad SMARTS) is 1. The zero-order chi connectivity index (χ0) is 11.4. The highest BCUT2D eigenvalue weighted by atomic mass is 79.9. The molecule has 82 valence electrons. The minimum absolute atomic E-state index is 0.0383. The van der Waals surface area contributed by atoms with Gasteiger partial charge in [0, 0.05) is 4.47 Å². The van der Waals surface area contributed by atoms with Crippen LogP contribution in [0.15, 0.2) is 16.6 Å². The van der Waals surface area contributed by atoms with E-state index in [-0.39, 0.29) is 5.75 Å². The number of ether oxygens (including phenoxy) is 1. The fourth-order valence-electron chi connectivity index (χ4n) is 1.04. The number of carboxylic acids is 1. The van der Waals surface area contributed by atoms with Crippen molar-refractivity contribution >= 4 is 21.9 Å². The molecule has 0 aliphatic heterocycles. The van der Waals surface area contributed by atoms with Crippen molar-refractivity contribution in [3.05, 3.63) is 28.0 Å². The van der Waals surface area contributed by atoms with Gasteiger partial charge in [0.1, 0.15) is 5.56 Å². The molecule has 0 saturated heterocycles. The quantitative estimate of drug-likeness (QED) is 0.919. The van der Waals surface area contributed by atoms with E-state index in [0.717, 1.165) is 6.42 Å². The van der Waals surface area contributed by atoms with Crippen LogP contribution in [0, 0.1) is 5.82 Å². The van der Waals surface area contributed by atoms with Crippen molar-refractivity contribution in [1.29, 1.82) is 0 Å². The summed E-state index contributed by atoms with van der Waals surface area (Å²) in [7, 11) is 0. The van der Waals surface area contributed by atoms with Crippen molar-refractivity contribution in [3.8, 4) is 5.75 Å². The smallest absolute Gasteiger partial charge is 0.338 e. The molecule has 1 rings (SSSR count). The van der Waals surface area contributed by atoms with Crippen LogP contribution in [0.5, 0.6) is 5.75 Å². The summed E-state index contributed by atoms with van der Waals surface area (Å²) in [6.45, 7) is 2.24. The van der Waals surface area contributed by atoms with Crippen LogP contribution >= 0.6 is 15.9 Å². The fraction of sp³-hybridized carbons (Fsp3) is 0.300. The van der Waals surface area contributed by atoms with E-state index in [4.69, 9.17) is 9.84 Å². The highest BCUT2D eigenvalue weighted by Crippen LogP contribution is 2.26. The van der Waals surface area contributed by atoms with E-state index in [1.54, 1.807) is 0 Å². The average molecular weight is 277 g/mol. The summed E-state index contributed by atoms with van der Waals surface area (Å²) in [4.78, 5) is 10.7. The molecule has 3 nitrogen and oxygen atoms in total. The van der Waals surface area contributed by atoms with E-state index in [9.17, 15) is 9.18 Å². The molecule has 0 aliphatic rings. The summed E-state index contributed by atoms with van der Waals surface area (Å²) < 4.78 is 19.1. The van der Waals surface area contributed by atoms with E-state index < -0.39 is 17.3 Å². The molecule has 1 aromatic carbocycles. The van der Waals surface area contributed by atoms with Crippen LogP contribution < -0.4 is 4.74 Å². The molecule has 15 heavy (non-hydrogen) atoms. The van der Waals surface area contributed by atoms with E-state index in [0.29, 0.717) is 11.1 Å². The molecule has 1 aromatic rings. The molecule has 0 unspecified atom stereocenters. The Balaban J connectivity index is 3.10. The Morgan fingerprint density at radius 1 is 1.60 bits per heavy atom. The summed E-state index contributed by atoms with van der Waals surface area (Å²) >= 11 is 3.10. The Morgan fingerprint density at radius 2 is 2.27 bits per heavy atom. The van der Waals surface area contributed by atoms with Crippen molar-refractivity contribution in [2.24, 2.45) is 0 Å². The van der Waals surface area contributed by atoms with Crippen LogP contribution in [0.1, 0.15) is 23.7 Å². The summed E-state index contributed by atoms with van der Waals surface area (Å²) in [5.74, 6) is -2.18. The first kappa shape index (κ1) is 12.0. The Kier molecular flexibility index (Phi) is 4.08. The maximum Gasteiger partial charge on any atom is 0.338 e. The van der Waals surface area contributed by atoms with Crippen LogP contribution in [-0.4, -0.2) is 17.7 Å². The average Bonchev–Trinajstić information content (AvgIpc) is 2.18. The number of hydrogen-bond acceptors (Lipinski definition) is 2. The predicted molar refractivity (Wildman–Crippen MR) is 56.8 cm³/mol. The van der Waals surface area contributed by atoms with Gasteiger partial charge < -0.3 is 9.84 Å². The maximum atomic E-state index is 13.5. The van der Waals surface area contributed by atoms with Gasteiger partial charge in [0.15, 0.2) is 11.6 Å². The first-order chi connectivity index (χ1) is 7.06. The molecule has 5 heteroatoms.